The van der Waals surface area contributed by atoms with Crippen LogP contribution in [0.15, 0.2) is 0 Å². The van der Waals surface area contributed by atoms with Crippen molar-refractivity contribution >= 4 is 35.6 Å². The number of rotatable bonds is 20. The Kier molecular flexibility index (Phi) is 30.2. The standard InChI is InChI=1S/3C15H31NO.C6H8O6/c3*1-11(13(16)17)10-12(15(5,6)7)8-9-14(2,3)4;7-4(8)1-3(6(11)12)2-5(9)10/h3*11-12H,8-10H2,1-7H3,(H2,16,17);3H,1-2H2,(H,7,8)(H,9,10)(H,11,12). The number of amides is 3. The van der Waals surface area contributed by atoms with Crippen LogP contribution in [0.1, 0.15) is 216 Å². The second-order valence-corrected chi connectivity index (χ2v) is 25.3. The van der Waals surface area contributed by atoms with Crippen molar-refractivity contribution in [3.05, 3.63) is 0 Å². The van der Waals surface area contributed by atoms with E-state index in [-0.39, 0.29) is 51.7 Å². The summed E-state index contributed by atoms with van der Waals surface area (Å²) in [7, 11) is 0. The molecule has 3 amide bonds. The second-order valence-electron chi connectivity index (χ2n) is 25.3. The first-order valence-electron chi connectivity index (χ1n) is 23.3. The summed E-state index contributed by atoms with van der Waals surface area (Å²) in [6.07, 6.45) is 8.50. The van der Waals surface area contributed by atoms with Crippen molar-refractivity contribution in [1.82, 2.24) is 0 Å². The summed E-state index contributed by atoms with van der Waals surface area (Å²) in [4.78, 5) is 63.9. The number of carboxylic acid groups (broad SMARTS) is 3. The van der Waals surface area contributed by atoms with Gasteiger partial charge < -0.3 is 32.5 Å². The van der Waals surface area contributed by atoms with Crippen LogP contribution in [-0.4, -0.2) is 50.9 Å². The monoisotopic (exact) mass is 900 g/mol. The smallest absolute Gasteiger partial charge is 0.307 e. The normalized spacial score (nSPS) is 15.3. The van der Waals surface area contributed by atoms with E-state index in [1.165, 1.54) is 38.5 Å². The highest BCUT2D eigenvalue weighted by atomic mass is 16.4. The molecule has 0 radical (unpaired) electrons. The summed E-state index contributed by atoms with van der Waals surface area (Å²) >= 11 is 0. The first-order chi connectivity index (χ1) is 27.7. The molecule has 0 aliphatic heterocycles. The van der Waals surface area contributed by atoms with E-state index >= 15 is 0 Å². The molecule has 0 fully saturated rings. The summed E-state index contributed by atoms with van der Waals surface area (Å²) < 4.78 is 0. The Morgan fingerprint density at radius 2 is 0.587 bits per heavy atom. The Balaban J connectivity index is -0.000000371. The minimum Gasteiger partial charge on any atom is -0.481 e. The molecule has 9 N–H and O–H groups in total. The number of carbonyl (C=O) groups excluding carboxylic acids is 3. The van der Waals surface area contributed by atoms with Crippen LogP contribution in [0, 0.1) is 73.9 Å². The Morgan fingerprint density at radius 1 is 0.397 bits per heavy atom. The third-order valence-corrected chi connectivity index (χ3v) is 12.0. The van der Waals surface area contributed by atoms with E-state index in [1.54, 1.807) is 0 Å². The molecule has 0 aromatic rings. The molecular weight excluding hydrogens is 799 g/mol. The van der Waals surface area contributed by atoms with Crippen LogP contribution in [0.2, 0.25) is 0 Å². The molecule has 6 atom stereocenters. The number of carboxylic acids is 3. The summed E-state index contributed by atoms with van der Waals surface area (Å²) in [6, 6.07) is 0. The highest BCUT2D eigenvalue weighted by Gasteiger charge is 2.31. The highest BCUT2D eigenvalue weighted by Crippen LogP contribution is 2.40. The molecule has 0 spiro atoms. The van der Waals surface area contributed by atoms with Gasteiger partial charge >= 0.3 is 17.9 Å². The van der Waals surface area contributed by atoms with E-state index in [2.05, 4.69) is 125 Å². The quantitative estimate of drug-likeness (QED) is 0.0680. The maximum atomic E-state index is 11.2. The first-order valence-corrected chi connectivity index (χ1v) is 23.3. The van der Waals surface area contributed by atoms with Crippen molar-refractivity contribution in [2.45, 2.75) is 216 Å². The fourth-order valence-electron chi connectivity index (χ4n) is 6.83. The number of hydrogen-bond acceptors (Lipinski definition) is 6. The Morgan fingerprint density at radius 3 is 0.698 bits per heavy atom. The lowest BCUT2D eigenvalue weighted by Gasteiger charge is -2.34. The van der Waals surface area contributed by atoms with E-state index in [0.717, 1.165) is 19.3 Å². The highest BCUT2D eigenvalue weighted by molar-refractivity contribution is 5.82. The van der Waals surface area contributed by atoms with Crippen LogP contribution in [0.5, 0.6) is 0 Å². The van der Waals surface area contributed by atoms with E-state index in [1.807, 2.05) is 20.8 Å². The van der Waals surface area contributed by atoms with Crippen molar-refractivity contribution in [3.63, 3.8) is 0 Å². The lowest BCUT2D eigenvalue weighted by Crippen LogP contribution is -2.29. The number of primary amides is 3. The zero-order chi connectivity index (χ0) is 51.3. The van der Waals surface area contributed by atoms with Gasteiger partial charge in [-0.3, -0.25) is 28.8 Å². The maximum absolute atomic E-state index is 11.2. The molecule has 0 saturated carbocycles. The van der Waals surface area contributed by atoms with Crippen molar-refractivity contribution < 1.29 is 44.1 Å². The molecule has 6 unspecified atom stereocenters. The molecule has 0 rings (SSSR count). The number of hydrogen-bond donors (Lipinski definition) is 6. The molecule has 63 heavy (non-hydrogen) atoms. The summed E-state index contributed by atoms with van der Waals surface area (Å²) in [6.45, 7) is 46.6. The first kappa shape index (κ1) is 66.4. The lowest BCUT2D eigenvalue weighted by atomic mass is 9.71. The zero-order valence-corrected chi connectivity index (χ0v) is 44.3. The van der Waals surface area contributed by atoms with Gasteiger partial charge in [-0.2, -0.15) is 0 Å². The molecule has 0 aliphatic rings. The van der Waals surface area contributed by atoms with Gasteiger partial charge in [0.25, 0.3) is 0 Å². The molecule has 0 aliphatic carbocycles. The fourth-order valence-corrected chi connectivity index (χ4v) is 6.83. The lowest BCUT2D eigenvalue weighted by molar-refractivity contribution is -0.152. The Labute approximate surface area is 385 Å². The van der Waals surface area contributed by atoms with E-state index in [0.29, 0.717) is 34.0 Å². The topological polar surface area (TPSA) is 241 Å². The summed E-state index contributed by atoms with van der Waals surface area (Å²) in [5.41, 5.74) is 17.9. The molecule has 12 nitrogen and oxygen atoms in total. The molecule has 0 saturated heterocycles. The largest absolute Gasteiger partial charge is 0.481 e. The minimum absolute atomic E-state index is 0.0146. The average molecular weight is 900 g/mol. The van der Waals surface area contributed by atoms with Crippen molar-refractivity contribution in [2.75, 3.05) is 0 Å². The van der Waals surface area contributed by atoms with Crippen molar-refractivity contribution in [1.29, 1.82) is 0 Å². The second kappa shape index (κ2) is 28.7. The van der Waals surface area contributed by atoms with Gasteiger partial charge in [-0.1, -0.05) is 145 Å². The van der Waals surface area contributed by atoms with Crippen LogP contribution in [0.4, 0.5) is 0 Å². The van der Waals surface area contributed by atoms with E-state index in [9.17, 15) is 28.8 Å². The van der Waals surface area contributed by atoms with Gasteiger partial charge in [-0.05, 0) is 108 Å². The fraction of sp³-hybridized carbons (Fsp3) is 0.882. The molecule has 0 aromatic carbocycles. The van der Waals surface area contributed by atoms with Gasteiger partial charge in [0.15, 0.2) is 0 Å². The SMILES string of the molecule is CC(CC(CCC(C)(C)C)C(C)(C)C)C(N)=O.CC(CC(CCC(C)(C)C)C(C)(C)C)C(N)=O.CC(CC(CCC(C)(C)C)C(C)(C)C)C(N)=O.O=C(O)CC(CC(=O)O)C(=O)O. The van der Waals surface area contributed by atoms with Crippen molar-refractivity contribution in [3.8, 4) is 0 Å². The van der Waals surface area contributed by atoms with E-state index < -0.39 is 36.7 Å². The van der Waals surface area contributed by atoms with Gasteiger partial charge in [0.1, 0.15) is 0 Å². The van der Waals surface area contributed by atoms with Crippen LogP contribution in [0.25, 0.3) is 0 Å². The van der Waals surface area contributed by atoms with Gasteiger partial charge in [-0.25, -0.2) is 0 Å². The summed E-state index contributed by atoms with van der Waals surface area (Å²) in [5.74, 6) is -4.26. The maximum Gasteiger partial charge on any atom is 0.307 e. The average Bonchev–Trinajstić information content (AvgIpc) is 3.03. The number of aliphatic carboxylic acids is 3. The third-order valence-electron chi connectivity index (χ3n) is 12.0. The number of nitrogens with two attached hydrogens (primary N) is 3. The van der Waals surface area contributed by atoms with E-state index in [4.69, 9.17) is 32.5 Å². The van der Waals surface area contributed by atoms with Gasteiger partial charge in [0.2, 0.25) is 17.7 Å². The van der Waals surface area contributed by atoms with Crippen LogP contribution in [-0.2, 0) is 28.8 Å². The van der Waals surface area contributed by atoms with Gasteiger partial charge in [0.05, 0.1) is 18.8 Å². The molecule has 12 heteroatoms. The van der Waals surface area contributed by atoms with Crippen LogP contribution in [0.3, 0.4) is 0 Å². The molecule has 0 bridgehead atoms. The molecular formula is C51H101N3O9. The van der Waals surface area contributed by atoms with Crippen LogP contribution >= 0.6 is 0 Å². The predicted octanol–water partition coefficient (Wildman–Crippen LogP) is 11.6. The van der Waals surface area contributed by atoms with Gasteiger partial charge in [0, 0.05) is 17.8 Å². The number of carbonyl (C=O) groups is 6. The molecule has 0 heterocycles. The Bertz CT molecular complexity index is 1220. The predicted molar refractivity (Wildman–Crippen MR) is 259 cm³/mol. The van der Waals surface area contributed by atoms with Gasteiger partial charge in [-0.15, -0.1) is 0 Å². The zero-order valence-electron chi connectivity index (χ0n) is 44.3. The van der Waals surface area contributed by atoms with Crippen LogP contribution < -0.4 is 17.2 Å². The summed E-state index contributed by atoms with van der Waals surface area (Å²) in [5, 5.41) is 24.7. The third kappa shape index (κ3) is 40.1. The minimum atomic E-state index is -1.40. The Hall–Kier alpha value is -3.18. The molecule has 374 valence electrons. The van der Waals surface area contributed by atoms with Crippen molar-refractivity contribution in [2.24, 2.45) is 91.1 Å². The molecule has 0 aromatic heterocycles.